The van der Waals surface area contributed by atoms with E-state index in [1.54, 1.807) is 6.07 Å². The molecule has 118 valence electrons. The van der Waals surface area contributed by atoms with E-state index in [2.05, 4.69) is 27.3 Å². The maximum Gasteiger partial charge on any atom is 0.126 e. The molecule has 0 bridgehead atoms. The van der Waals surface area contributed by atoms with Crippen molar-refractivity contribution in [3.63, 3.8) is 0 Å². The Morgan fingerprint density at radius 1 is 1.27 bits per heavy atom. The predicted molar refractivity (Wildman–Crippen MR) is 88.6 cm³/mol. The van der Waals surface area contributed by atoms with Crippen molar-refractivity contribution in [1.29, 1.82) is 0 Å². The normalized spacial score (nSPS) is 18.7. The summed E-state index contributed by atoms with van der Waals surface area (Å²) >= 11 is 0. The van der Waals surface area contributed by atoms with Crippen molar-refractivity contribution < 1.29 is 4.39 Å². The van der Waals surface area contributed by atoms with Gasteiger partial charge in [-0.2, -0.15) is 0 Å². The van der Waals surface area contributed by atoms with Crippen LogP contribution < -0.4 is 5.32 Å². The second kappa shape index (κ2) is 7.68. The van der Waals surface area contributed by atoms with Gasteiger partial charge in [-0.3, -0.25) is 9.88 Å². The quantitative estimate of drug-likeness (QED) is 0.941. The van der Waals surface area contributed by atoms with Gasteiger partial charge in [0.1, 0.15) is 5.82 Å². The maximum absolute atomic E-state index is 13.4. The van der Waals surface area contributed by atoms with Crippen molar-refractivity contribution in [2.24, 2.45) is 0 Å². The van der Waals surface area contributed by atoms with E-state index in [1.165, 1.54) is 5.56 Å². The highest BCUT2D eigenvalue weighted by Crippen LogP contribution is 2.24. The number of aryl methyl sites for hydroxylation is 1. The van der Waals surface area contributed by atoms with E-state index in [-0.39, 0.29) is 18.2 Å². The minimum absolute atomic E-state index is 0. The molecule has 0 spiro atoms. The third kappa shape index (κ3) is 3.83. The molecule has 5 heteroatoms. The van der Waals surface area contributed by atoms with Gasteiger partial charge in [-0.25, -0.2) is 4.39 Å². The Bertz CT molecular complexity index is 606. The molecule has 22 heavy (non-hydrogen) atoms. The maximum atomic E-state index is 13.4. The summed E-state index contributed by atoms with van der Waals surface area (Å²) in [4.78, 5) is 6.53. The van der Waals surface area contributed by atoms with Crippen molar-refractivity contribution >= 4 is 12.4 Å². The van der Waals surface area contributed by atoms with E-state index >= 15 is 0 Å². The molecule has 0 amide bonds. The first kappa shape index (κ1) is 16.9. The average molecular weight is 322 g/mol. The SMILES string of the molecule is Cc1cc(CN2CCNCC2c2ccncc2)ccc1F.Cl. The molecule has 0 aliphatic carbocycles. The second-order valence-corrected chi connectivity index (χ2v) is 5.55. The first-order chi connectivity index (χ1) is 10.2. The Kier molecular flexibility index (Phi) is 5.89. The summed E-state index contributed by atoms with van der Waals surface area (Å²) in [6.07, 6.45) is 3.67. The fourth-order valence-corrected chi connectivity index (χ4v) is 2.89. The number of rotatable bonds is 3. The van der Waals surface area contributed by atoms with Crippen molar-refractivity contribution in [2.75, 3.05) is 19.6 Å². The molecule has 1 atom stereocenters. The summed E-state index contributed by atoms with van der Waals surface area (Å²) in [5.74, 6) is -0.134. The van der Waals surface area contributed by atoms with Crippen LogP contribution in [0, 0.1) is 12.7 Å². The molecule has 1 saturated heterocycles. The summed E-state index contributed by atoms with van der Waals surface area (Å²) in [7, 11) is 0. The molecule has 1 N–H and O–H groups in total. The monoisotopic (exact) mass is 321 g/mol. The minimum atomic E-state index is -0.134. The fourth-order valence-electron chi connectivity index (χ4n) is 2.89. The zero-order valence-electron chi connectivity index (χ0n) is 12.6. The molecule has 3 rings (SSSR count). The van der Waals surface area contributed by atoms with Crippen LogP contribution in [-0.2, 0) is 6.54 Å². The number of halogens is 2. The molecule has 1 aliphatic heterocycles. The highest BCUT2D eigenvalue weighted by Gasteiger charge is 2.23. The largest absolute Gasteiger partial charge is 0.314 e. The summed E-state index contributed by atoms with van der Waals surface area (Å²) < 4.78 is 13.4. The molecule has 1 aromatic heterocycles. The van der Waals surface area contributed by atoms with Crippen molar-refractivity contribution in [1.82, 2.24) is 15.2 Å². The first-order valence-corrected chi connectivity index (χ1v) is 7.34. The van der Waals surface area contributed by atoms with Crippen molar-refractivity contribution in [3.8, 4) is 0 Å². The number of piperazine rings is 1. The van der Waals surface area contributed by atoms with Gasteiger partial charge in [-0.15, -0.1) is 12.4 Å². The number of hydrogen-bond donors (Lipinski definition) is 1. The first-order valence-electron chi connectivity index (χ1n) is 7.34. The van der Waals surface area contributed by atoms with Crippen LogP contribution in [0.5, 0.6) is 0 Å². The zero-order valence-corrected chi connectivity index (χ0v) is 13.4. The molecule has 1 aromatic carbocycles. The van der Waals surface area contributed by atoms with Gasteiger partial charge >= 0.3 is 0 Å². The lowest BCUT2D eigenvalue weighted by Crippen LogP contribution is -2.45. The smallest absolute Gasteiger partial charge is 0.126 e. The molecule has 1 fully saturated rings. The van der Waals surface area contributed by atoms with Crippen LogP contribution in [-0.4, -0.2) is 29.5 Å². The summed E-state index contributed by atoms with van der Waals surface area (Å²) in [5.41, 5.74) is 3.15. The summed E-state index contributed by atoms with van der Waals surface area (Å²) in [6.45, 7) is 5.57. The van der Waals surface area contributed by atoms with Crippen LogP contribution in [0.15, 0.2) is 42.7 Å². The van der Waals surface area contributed by atoms with E-state index in [0.29, 0.717) is 11.6 Å². The molecule has 2 heterocycles. The number of aromatic nitrogens is 1. The number of nitrogens with one attached hydrogen (secondary N) is 1. The lowest BCUT2D eigenvalue weighted by Gasteiger charge is -2.36. The minimum Gasteiger partial charge on any atom is -0.314 e. The molecule has 1 aliphatic rings. The van der Waals surface area contributed by atoms with Crippen molar-refractivity contribution in [2.45, 2.75) is 19.5 Å². The molecule has 0 saturated carbocycles. The molecular weight excluding hydrogens is 301 g/mol. The van der Waals surface area contributed by atoms with Crippen LogP contribution >= 0.6 is 12.4 Å². The van der Waals surface area contributed by atoms with Gasteiger partial charge in [0.2, 0.25) is 0 Å². The molecule has 3 nitrogen and oxygen atoms in total. The van der Waals surface area contributed by atoms with Gasteiger partial charge in [0, 0.05) is 44.6 Å². The third-order valence-corrected chi connectivity index (χ3v) is 4.05. The van der Waals surface area contributed by atoms with Gasteiger partial charge in [0.15, 0.2) is 0 Å². The van der Waals surface area contributed by atoms with Gasteiger partial charge in [-0.05, 0) is 41.8 Å². The van der Waals surface area contributed by atoms with E-state index in [4.69, 9.17) is 0 Å². The highest BCUT2D eigenvalue weighted by molar-refractivity contribution is 5.85. The van der Waals surface area contributed by atoms with Gasteiger partial charge in [-0.1, -0.05) is 12.1 Å². The Balaban J connectivity index is 0.00000176. The Hall–Kier alpha value is -1.49. The number of hydrogen-bond acceptors (Lipinski definition) is 3. The Morgan fingerprint density at radius 2 is 2.05 bits per heavy atom. The van der Waals surface area contributed by atoms with Crippen LogP contribution in [0.1, 0.15) is 22.7 Å². The Labute approximate surface area is 137 Å². The van der Waals surface area contributed by atoms with E-state index in [9.17, 15) is 4.39 Å². The van der Waals surface area contributed by atoms with E-state index in [0.717, 1.165) is 31.7 Å². The van der Waals surface area contributed by atoms with Gasteiger partial charge in [0.05, 0.1) is 0 Å². The van der Waals surface area contributed by atoms with E-state index in [1.807, 2.05) is 31.5 Å². The van der Waals surface area contributed by atoms with E-state index < -0.39 is 0 Å². The summed E-state index contributed by atoms with van der Waals surface area (Å²) in [6, 6.07) is 9.87. The highest BCUT2D eigenvalue weighted by atomic mass is 35.5. The zero-order chi connectivity index (χ0) is 14.7. The number of pyridine rings is 1. The topological polar surface area (TPSA) is 28.2 Å². The summed E-state index contributed by atoms with van der Waals surface area (Å²) in [5, 5.41) is 3.45. The molecule has 2 aromatic rings. The molecule has 0 radical (unpaired) electrons. The van der Waals surface area contributed by atoms with Crippen molar-refractivity contribution in [3.05, 3.63) is 65.2 Å². The lowest BCUT2D eigenvalue weighted by molar-refractivity contribution is 0.153. The number of benzene rings is 1. The Morgan fingerprint density at radius 3 is 2.77 bits per heavy atom. The standard InChI is InChI=1S/C17H20FN3.ClH/c1-13-10-14(2-3-16(13)18)12-21-9-8-20-11-17(21)15-4-6-19-7-5-15;/h2-7,10,17,20H,8-9,11-12H2,1H3;1H. The van der Waals surface area contributed by atoms with Gasteiger partial charge in [0.25, 0.3) is 0 Å². The van der Waals surface area contributed by atoms with Gasteiger partial charge < -0.3 is 5.32 Å². The van der Waals surface area contributed by atoms with Crippen LogP contribution in [0.3, 0.4) is 0 Å². The average Bonchev–Trinajstić information content (AvgIpc) is 2.52. The second-order valence-electron chi connectivity index (χ2n) is 5.55. The third-order valence-electron chi connectivity index (χ3n) is 4.05. The molecular formula is C17H21ClFN3. The van der Waals surface area contributed by atoms with Crippen LogP contribution in [0.2, 0.25) is 0 Å². The number of nitrogens with zero attached hydrogens (tertiary/aromatic N) is 2. The fraction of sp³-hybridized carbons (Fsp3) is 0.353. The van der Waals surface area contributed by atoms with Crippen LogP contribution in [0.25, 0.3) is 0 Å². The van der Waals surface area contributed by atoms with Crippen LogP contribution in [0.4, 0.5) is 4.39 Å². The predicted octanol–water partition coefficient (Wildman–Crippen LogP) is 3.10. The molecule has 1 unspecified atom stereocenters. The lowest BCUT2D eigenvalue weighted by atomic mass is 10.0.